The van der Waals surface area contributed by atoms with Crippen molar-refractivity contribution in [2.24, 2.45) is 23.7 Å². The van der Waals surface area contributed by atoms with Crippen LogP contribution in [0.15, 0.2) is 176 Å². The number of hydrogen-bond acceptors (Lipinski definition) is 1. The molecule has 1 spiro atoms. The van der Waals surface area contributed by atoms with Gasteiger partial charge >= 0.3 is 0 Å². The Balaban J connectivity index is 1.01. The second kappa shape index (κ2) is 12.2. The Morgan fingerprint density at radius 1 is 0.458 bits per heavy atom. The highest BCUT2D eigenvalue weighted by atomic mass is 15.1. The van der Waals surface area contributed by atoms with E-state index < -0.39 is 0 Å². The van der Waals surface area contributed by atoms with Crippen LogP contribution in [0.3, 0.4) is 0 Å². The maximum Gasteiger partial charge on any atom is 0.0468 e. The van der Waals surface area contributed by atoms with Gasteiger partial charge in [-0.2, -0.15) is 0 Å². The molecule has 0 heterocycles. The number of rotatable bonds is 5. The van der Waals surface area contributed by atoms with Crippen molar-refractivity contribution in [2.75, 3.05) is 4.90 Å². The van der Waals surface area contributed by atoms with E-state index in [1.54, 1.807) is 11.1 Å². The van der Waals surface area contributed by atoms with E-state index in [-0.39, 0.29) is 10.8 Å². The van der Waals surface area contributed by atoms with Crippen LogP contribution in [-0.4, -0.2) is 0 Å². The lowest BCUT2D eigenvalue weighted by atomic mass is 9.31. The monoisotopic (exact) mass is 757 g/mol. The smallest absolute Gasteiger partial charge is 0.0468 e. The minimum absolute atomic E-state index is 0.0962. The minimum atomic E-state index is -0.0962. The molecule has 1 heteroatoms. The molecule has 5 aliphatic rings. The summed E-state index contributed by atoms with van der Waals surface area (Å²) in [4.78, 5) is 2.53. The molecule has 284 valence electrons. The highest BCUT2D eigenvalue weighted by Gasteiger charge is 2.72. The average molecular weight is 758 g/mol. The van der Waals surface area contributed by atoms with Crippen molar-refractivity contribution >= 4 is 27.8 Å². The number of nitrogens with zero attached hydrogens (tertiary/aromatic N) is 1. The van der Waals surface area contributed by atoms with E-state index in [4.69, 9.17) is 0 Å². The quantitative estimate of drug-likeness (QED) is 0.169. The van der Waals surface area contributed by atoms with Gasteiger partial charge in [-0.25, -0.2) is 0 Å². The van der Waals surface area contributed by atoms with Crippen LogP contribution < -0.4 is 4.90 Å². The molecule has 8 aromatic rings. The van der Waals surface area contributed by atoms with Crippen LogP contribution in [-0.2, 0) is 10.8 Å². The van der Waals surface area contributed by atoms with Gasteiger partial charge in [0.2, 0.25) is 0 Å². The Bertz CT molecular complexity index is 3000. The van der Waals surface area contributed by atoms with Gasteiger partial charge in [0.1, 0.15) is 0 Å². The van der Waals surface area contributed by atoms with Crippen molar-refractivity contribution in [3.8, 4) is 44.5 Å². The summed E-state index contributed by atoms with van der Waals surface area (Å²) in [6.45, 7) is 4.79. The van der Waals surface area contributed by atoms with E-state index in [1.165, 1.54) is 109 Å². The Labute approximate surface area is 348 Å². The molecule has 0 bridgehead atoms. The van der Waals surface area contributed by atoms with Crippen molar-refractivity contribution in [1.29, 1.82) is 0 Å². The molecule has 59 heavy (non-hydrogen) atoms. The van der Waals surface area contributed by atoms with E-state index in [1.807, 2.05) is 0 Å². The van der Waals surface area contributed by atoms with Crippen LogP contribution in [0.25, 0.3) is 55.3 Å². The van der Waals surface area contributed by atoms with Gasteiger partial charge in [0.25, 0.3) is 0 Å². The Morgan fingerprint density at radius 3 is 2.02 bits per heavy atom. The lowest BCUT2D eigenvalue weighted by molar-refractivity contribution is -0.181. The third kappa shape index (κ3) is 4.46. The van der Waals surface area contributed by atoms with Gasteiger partial charge in [0, 0.05) is 27.9 Å². The second-order valence-corrected chi connectivity index (χ2v) is 18.7. The fraction of sp³-hybridized carbons (Fsp3) is 0.207. The lowest BCUT2D eigenvalue weighted by Crippen LogP contribution is -2.69. The molecular weight excluding hydrogens is 711 g/mol. The third-order valence-electron chi connectivity index (χ3n) is 15.9. The van der Waals surface area contributed by atoms with E-state index in [2.05, 4.69) is 195 Å². The predicted molar refractivity (Wildman–Crippen MR) is 246 cm³/mol. The molecule has 5 aliphatic carbocycles. The summed E-state index contributed by atoms with van der Waals surface area (Å²) >= 11 is 0. The van der Waals surface area contributed by atoms with Crippen molar-refractivity contribution in [3.05, 3.63) is 198 Å². The van der Waals surface area contributed by atoms with Gasteiger partial charge in [0.15, 0.2) is 0 Å². The van der Waals surface area contributed by atoms with E-state index in [0.717, 1.165) is 23.7 Å². The molecule has 0 radical (unpaired) electrons. The molecule has 5 unspecified atom stereocenters. The molecule has 5 atom stereocenters. The first kappa shape index (κ1) is 33.8. The highest BCUT2D eigenvalue weighted by Crippen LogP contribution is 2.78. The molecule has 3 saturated carbocycles. The average Bonchev–Trinajstić information content (AvgIpc) is 3.70. The lowest BCUT2D eigenvalue weighted by Gasteiger charge is -2.73. The van der Waals surface area contributed by atoms with Gasteiger partial charge in [0.05, 0.1) is 0 Å². The molecule has 0 aliphatic heterocycles. The zero-order valence-electron chi connectivity index (χ0n) is 33.8. The number of anilines is 3. The highest BCUT2D eigenvalue weighted by molar-refractivity contribution is 5.98. The van der Waals surface area contributed by atoms with Crippen molar-refractivity contribution in [2.45, 2.75) is 50.4 Å². The van der Waals surface area contributed by atoms with Crippen molar-refractivity contribution in [3.63, 3.8) is 0 Å². The fourth-order valence-corrected chi connectivity index (χ4v) is 13.4. The van der Waals surface area contributed by atoms with Gasteiger partial charge in [-0.3, -0.25) is 0 Å². The Hall–Kier alpha value is -6.18. The first-order chi connectivity index (χ1) is 29.0. The molecular formula is C58H47N. The Morgan fingerprint density at radius 2 is 1.12 bits per heavy atom. The maximum atomic E-state index is 2.58. The predicted octanol–water partition coefficient (Wildman–Crippen LogP) is 15.3. The molecule has 13 rings (SSSR count). The standard InChI is InChI=1S/C58H47N/c1-57(2)49-22-9-8-19-46(49)47-31-29-42(35-53(47)57)59(40-27-25-38(26-28-40)44-20-10-16-36-15-6-7-18-43(36)44)41-30-32-50-48(34-41)56-45(37-13-4-3-5-14-37)21-12-24-52(56)58(50)51-23-11-17-39-33-54(58)55(39)51/h3-10,12-16,18-22,24-32,34-35,39,51,54-55H,11,17,23,33H2,1-2H3. The molecule has 1 nitrogen and oxygen atoms in total. The molecule has 3 fully saturated rings. The summed E-state index contributed by atoms with van der Waals surface area (Å²) in [5, 5.41) is 2.56. The molecule has 8 aromatic carbocycles. The fourth-order valence-electron chi connectivity index (χ4n) is 13.4. The summed E-state index contributed by atoms with van der Waals surface area (Å²) < 4.78 is 0. The molecule has 0 N–H and O–H groups in total. The van der Waals surface area contributed by atoms with Crippen LogP contribution in [0.1, 0.15) is 61.8 Å². The van der Waals surface area contributed by atoms with Crippen LogP contribution in [0.2, 0.25) is 0 Å². The van der Waals surface area contributed by atoms with Crippen molar-refractivity contribution < 1.29 is 0 Å². The largest absolute Gasteiger partial charge is 0.310 e. The number of benzene rings is 8. The van der Waals surface area contributed by atoms with Crippen LogP contribution >= 0.6 is 0 Å². The summed E-state index contributed by atoms with van der Waals surface area (Å²) in [6.07, 6.45) is 5.56. The number of fused-ring (bicyclic) bond motifs is 11. The summed E-state index contributed by atoms with van der Waals surface area (Å²) in [7, 11) is 0. The van der Waals surface area contributed by atoms with Crippen LogP contribution in [0.4, 0.5) is 17.1 Å². The Kier molecular flexibility index (Phi) is 6.97. The first-order valence-electron chi connectivity index (χ1n) is 22.0. The number of hydrogen-bond donors (Lipinski definition) is 0. The summed E-state index contributed by atoms with van der Waals surface area (Å²) in [5.74, 6) is 3.34. The van der Waals surface area contributed by atoms with E-state index in [9.17, 15) is 0 Å². The van der Waals surface area contributed by atoms with E-state index in [0.29, 0.717) is 0 Å². The van der Waals surface area contributed by atoms with E-state index >= 15 is 0 Å². The van der Waals surface area contributed by atoms with Gasteiger partial charge in [-0.05, 0) is 150 Å². The van der Waals surface area contributed by atoms with Crippen molar-refractivity contribution in [1.82, 2.24) is 0 Å². The van der Waals surface area contributed by atoms with Gasteiger partial charge in [-0.1, -0.05) is 166 Å². The summed E-state index contributed by atoms with van der Waals surface area (Å²) in [5.41, 5.74) is 20.4. The topological polar surface area (TPSA) is 3.24 Å². The summed E-state index contributed by atoms with van der Waals surface area (Å²) in [6, 6.07) is 67.0. The van der Waals surface area contributed by atoms with Crippen LogP contribution in [0, 0.1) is 23.7 Å². The third-order valence-corrected chi connectivity index (χ3v) is 15.9. The van der Waals surface area contributed by atoms with Gasteiger partial charge in [-0.15, -0.1) is 0 Å². The maximum absolute atomic E-state index is 2.58. The SMILES string of the molecule is CC1(C)c2ccccc2-c2ccc(N(c3ccc(-c4cccc5ccccc45)cc3)c3ccc4c(c3)-c3c(-c5ccccc5)cccc3C43C4CCCC5CC3C54)cc21. The zero-order valence-corrected chi connectivity index (χ0v) is 33.8. The molecule has 0 amide bonds. The molecule has 0 aromatic heterocycles. The second-order valence-electron chi connectivity index (χ2n) is 18.7. The van der Waals surface area contributed by atoms with Crippen LogP contribution in [0.5, 0.6) is 0 Å². The van der Waals surface area contributed by atoms with Gasteiger partial charge < -0.3 is 4.90 Å². The minimum Gasteiger partial charge on any atom is -0.310 e. The zero-order chi connectivity index (χ0) is 39.0. The first-order valence-corrected chi connectivity index (χ1v) is 22.0. The normalized spacial score (nSPS) is 23.4. The molecule has 0 saturated heterocycles.